The Morgan fingerprint density at radius 2 is 1.86 bits per heavy atom. The van der Waals surface area contributed by atoms with E-state index in [1.54, 1.807) is 12.1 Å². The highest BCUT2D eigenvalue weighted by atomic mass is 16.6. The number of nitrogens with one attached hydrogen (secondary N) is 1. The molecule has 0 aliphatic rings. The third-order valence-corrected chi connectivity index (χ3v) is 1.83. The number of phenols is 2. The Hall–Kier alpha value is -1.26. The number of rotatable bonds is 4. The van der Waals surface area contributed by atoms with Crippen molar-refractivity contribution >= 4 is 0 Å². The van der Waals surface area contributed by atoms with Crippen LogP contribution >= 0.6 is 0 Å². The van der Waals surface area contributed by atoms with Crippen LogP contribution in [0.15, 0.2) is 18.2 Å². The summed E-state index contributed by atoms with van der Waals surface area (Å²) in [5, 5.41) is 18.5. The van der Waals surface area contributed by atoms with Crippen molar-refractivity contribution in [1.29, 1.82) is 0 Å². The van der Waals surface area contributed by atoms with Gasteiger partial charge in [0.1, 0.15) is 11.5 Å². The van der Waals surface area contributed by atoms with E-state index >= 15 is 0 Å². The quantitative estimate of drug-likeness (QED) is 0.643. The number of hydroxylamine groups is 1. The zero-order chi connectivity index (χ0) is 10.6. The van der Waals surface area contributed by atoms with E-state index in [2.05, 4.69) is 5.48 Å². The number of hydrogen-bond donors (Lipinski definition) is 3. The summed E-state index contributed by atoms with van der Waals surface area (Å²) in [6.07, 6.45) is 0. The standard InChI is InChI=1S/C10H15NO3/c1-3-14-11-7(2)8-4-9(12)6-10(13)5-8/h4-7,11-13H,3H2,1-2H3. The van der Waals surface area contributed by atoms with Gasteiger partial charge in [-0.15, -0.1) is 0 Å². The summed E-state index contributed by atoms with van der Waals surface area (Å²) in [7, 11) is 0. The fourth-order valence-corrected chi connectivity index (χ4v) is 1.14. The predicted octanol–water partition coefficient (Wildman–Crippen LogP) is 1.70. The van der Waals surface area contributed by atoms with Crippen molar-refractivity contribution in [2.45, 2.75) is 19.9 Å². The third-order valence-electron chi connectivity index (χ3n) is 1.83. The van der Waals surface area contributed by atoms with Crippen LogP contribution < -0.4 is 5.48 Å². The molecule has 0 aliphatic heterocycles. The Labute approximate surface area is 83.1 Å². The minimum Gasteiger partial charge on any atom is -0.508 e. The zero-order valence-electron chi connectivity index (χ0n) is 8.32. The Morgan fingerprint density at radius 1 is 1.29 bits per heavy atom. The SMILES string of the molecule is CCONC(C)c1cc(O)cc(O)c1. The molecule has 78 valence electrons. The van der Waals surface area contributed by atoms with Crippen LogP contribution in [0.4, 0.5) is 0 Å². The maximum atomic E-state index is 9.24. The lowest BCUT2D eigenvalue weighted by Crippen LogP contribution is -2.18. The summed E-state index contributed by atoms with van der Waals surface area (Å²) in [5.41, 5.74) is 3.55. The monoisotopic (exact) mass is 197 g/mol. The zero-order valence-corrected chi connectivity index (χ0v) is 8.32. The van der Waals surface area contributed by atoms with Crippen molar-refractivity contribution in [3.8, 4) is 11.5 Å². The Balaban J connectivity index is 2.73. The molecule has 4 nitrogen and oxygen atoms in total. The topological polar surface area (TPSA) is 61.7 Å². The molecule has 3 N–H and O–H groups in total. The molecule has 0 aliphatic carbocycles. The van der Waals surface area contributed by atoms with Crippen LogP contribution in [0.25, 0.3) is 0 Å². The van der Waals surface area contributed by atoms with Crippen molar-refractivity contribution in [3.63, 3.8) is 0 Å². The van der Waals surface area contributed by atoms with Gasteiger partial charge < -0.3 is 15.1 Å². The molecule has 0 saturated heterocycles. The van der Waals surface area contributed by atoms with Gasteiger partial charge in [0.05, 0.1) is 12.6 Å². The molecule has 0 heterocycles. The second-order valence-electron chi connectivity index (χ2n) is 3.06. The van der Waals surface area contributed by atoms with E-state index in [0.717, 1.165) is 5.56 Å². The van der Waals surface area contributed by atoms with Gasteiger partial charge in [-0.1, -0.05) is 0 Å². The van der Waals surface area contributed by atoms with Crippen LogP contribution in [0.2, 0.25) is 0 Å². The summed E-state index contributed by atoms with van der Waals surface area (Å²) in [5.74, 6) is 0.0929. The molecule has 1 unspecified atom stereocenters. The second-order valence-corrected chi connectivity index (χ2v) is 3.06. The second kappa shape index (κ2) is 4.83. The molecule has 0 bridgehead atoms. The van der Waals surface area contributed by atoms with E-state index < -0.39 is 0 Å². The van der Waals surface area contributed by atoms with Gasteiger partial charge in [0.2, 0.25) is 0 Å². The maximum absolute atomic E-state index is 9.24. The number of benzene rings is 1. The Morgan fingerprint density at radius 3 is 2.36 bits per heavy atom. The molecule has 4 heteroatoms. The highest BCUT2D eigenvalue weighted by Gasteiger charge is 2.07. The summed E-state index contributed by atoms with van der Waals surface area (Å²) in [6.45, 7) is 4.32. The van der Waals surface area contributed by atoms with E-state index in [1.165, 1.54) is 6.07 Å². The van der Waals surface area contributed by atoms with Crippen LogP contribution in [-0.4, -0.2) is 16.8 Å². The van der Waals surface area contributed by atoms with E-state index in [9.17, 15) is 10.2 Å². The number of aromatic hydroxyl groups is 2. The summed E-state index contributed by atoms with van der Waals surface area (Å²) in [4.78, 5) is 5.02. The average Bonchev–Trinajstić information content (AvgIpc) is 2.12. The highest BCUT2D eigenvalue weighted by Crippen LogP contribution is 2.24. The molecule has 0 fully saturated rings. The molecule has 0 spiro atoms. The Kier molecular flexibility index (Phi) is 3.73. The highest BCUT2D eigenvalue weighted by molar-refractivity contribution is 5.37. The van der Waals surface area contributed by atoms with Crippen LogP contribution in [0.1, 0.15) is 25.5 Å². The normalized spacial score (nSPS) is 12.7. The first-order valence-corrected chi connectivity index (χ1v) is 4.53. The Bertz CT molecular complexity index is 281. The van der Waals surface area contributed by atoms with E-state index in [-0.39, 0.29) is 17.5 Å². The molecule has 0 amide bonds. The van der Waals surface area contributed by atoms with Crippen molar-refractivity contribution < 1.29 is 15.1 Å². The summed E-state index contributed by atoms with van der Waals surface area (Å²) < 4.78 is 0. The summed E-state index contributed by atoms with van der Waals surface area (Å²) in [6, 6.07) is 4.37. The minimum atomic E-state index is -0.0760. The minimum absolute atomic E-state index is 0.0464. The van der Waals surface area contributed by atoms with Gasteiger partial charge in [0.25, 0.3) is 0 Å². The van der Waals surface area contributed by atoms with Crippen LogP contribution in [0, 0.1) is 0 Å². The van der Waals surface area contributed by atoms with Gasteiger partial charge in [0.15, 0.2) is 0 Å². The van der Waals surface area contributed by atoms with Crippen molar-refractivity contribution in [3.05, 3.63) is 23.8 Å². The molecule has 1 atom stereocenters. The third kappa shape index (κ3) is 2.90. The van der Waals surface area contributed by atoms with Gasteiger partial charge >= 0.3 is 0 Å². The van der Waals surface area contributed by atoms with Crippen LogP contribution in [0.5, 0.6) is 11.5 Å². The van der Waals surface area contributed by atoms with Crippen LogP contribution in [0.3, 0.4) is 0 Å². The van der Waals surface area contributed by atoms with Crippen molar-refractivity contribution in [2.24, 2.45) is 0 Å². The van der Waals surface area contributed by atoms with Crippen molar-refractivity contribution in [1.82, 2.24) is 5.48 Å². The van der Waals surface area contributed by atoms with Gasteiger partial charge in [-0.25, -0.2) is 0 Å². The van der Waals surface area contributed by atoms with Gasteiger partial charge in [-0.3, -0.25) is 0 Å². The van der Waals surface area contributed by atoms with E-state index in [0.29, 0.717) is 6.61 Å². The smallest absolute Gasteiger partial charge is 0.119 e. The fraction of sp³-hybridized carbons (Fsp3) is 0.400. The van der Waals surface area contributed by atoms with Gasteiger partial charge in [-0.05, 0) is 31.5 Å². The van der Waals surface area contributed by atoms with E-state index in [1.807, 2.05) is 13.8 Å². The lowest BCUT2D eigenvalue weighted by molar-refractivity contribution is 0.0284. The molecule has 0 saturated carbocycles. The van der Waals surface area contributed by atoms with Crippen LogP contribution in [-0.2, 0) is 4.84 Å². The van der Waals surface area contributed by atoms with Gasteiger partial charge in [-0.2, -0.15) is 5.48 Å². The largest absolute Gasteiger partial charge is 0.508 e. The molecule has 14 heavy (non-hydrogen) atoms. The van der Waals surface area contributed by atoms with Gasteiger partial charge in [0, 0.05) is 6.07 Å². The molecular formula is C10H15NO3. The first-order chi connectivity index (χ1) is 6.63. The number of hydrogen-bond acceptors (Lipinski definition) is 4. The summed E-state index contributed by atoms with van der Waals surface area (Å²) >= 11 is 0. The molecule has 1 aromatic rings. The number of phenolic OH excluding ortho intramolecular Hbond substituents is 2. The average molecular weight is 197 g/mol. The molecule has 0 radical (unpaired) electrons. The molecule has 1 aromatic carbocycles. The molecule has 0 aromatic heterocycles. The first-order valence-electron chi connectivity index (χ1n) is 4.53. The predicted molar refractivity (Wildman–Crippen MR) is 52.9 cm³/mol. The maximum Gasteiger partial charge on any atom is 0.119 e. The molecule has 1 rings (SSSR count). The lowest BCUT2D eigenvalue weighted by atomic mass is 10.1. The molecular weight excluding hydrogens is 182 g/mol. The van der Waals surface area contributed by atoms with E-state index in [4.69, 9.17) is 4.84 Å². The fourth-order valence-electron chi connectivity index (χ4n) is 1.14. The first kappa shape index (κ1) is 10.8. The van der Waals surface area contributed by atoms with Crippen molar-refractivity contribution in [2.75, 3.05) is 6.61 Å². The lowest BCUT2D eigenvalue weighted by Gasteiger charge is -2.13.